The van der Waals surface area contributed by atoms with E-state index in [1.807, 2.05) is 0 Å². The van der Waals surface area contributed by atoms with Crippen molar-refractivity contribution < 1.29 is 14.6 Å². The Bertz CT molecular complexity index is 232. The first-order chi connectivity index (χ1) is 6.94. The van der Waals surface area contributed by atoms with E-state index < -0.39 is 11.0 Å². The van der Waals surface area contributed by atoms with Crippen LogP contribution in [0.15, 0.2) is 0 Å². The Balaban J connectivity index is 2.77. The van der Waals surface area contributed by atoms with E-state index in [2.05, 4.69) is 0 Å². The summed E-state index contributed by atoms with van der Waals surface area (Å²) in [6.45, 7) is 5.70. The molecule has 0 aliphatic carbocycles. The van der Waals surface area contributed by atoms with Gasteiger partial charge in [0.2, 0.25) is 0 Å². The number of hydrogen-bond acceptors (Lipinski definition) is 4. The number of carbonyl (C=O) groups is 1. The van der Waals surface area contributed by atoms with Gasteiger partial charge in [-0.05, 0) is 39.4 Å². The van der Waals surface area contributed by atoms with Gasteiger partial charge in [-0.15, -0.1) is 0 Å². The first-order valence-electron chi connectivity index (χ1n) is 5.41. The lowest BCUT2D eigenvalue weighted by Gasteiger charge is -2.42. The molecule has 88 valence electrons. The molecule has 0 spiro atoms. The standard InChI is InChI=1S/C11H20O3S/c1-4-14-9(12)10(2,3)11(13)6-5-7-15-8-11/h13H,4-8H2,1-3H3. The molecular formula is C11H20O3S. The second-order valence-electron chi connectivity index (χ2n) is 4.53. The van der Waals surface area contributed by atoms with E-state index in [4.69, 9.17) is 4.74 Å². The van der Waals surface area contributed by atoms with Crippen LogP contribution in [0.3, 0.4) is 0 Å². The van der Waals surface area contributed by atoms with Crippen molar-refractivity contribution in [2.45, 2.75) is 39.2 Å². The molecule has 1 aliphatic rings. The second-order valence-corrected chi connectivity index (χ2v) is 5.64. The van der Waals surface area contributed by atoms with Crippen molar-refractivity contribution in [3.63, 3.8) is 0 Å². The van der Waals surface area contributed by atoms with E-state index in [9.17, 15) is 9.90 Å². The summed E-state index contributed by atoms with van der Waals surface area (Å²) in [5, 5.41) is 10.5. The lowest BCUT2D eigenvalue weighted by atomic mass is 9.73. The third-order valence-corrected chi connectivity index (χ3v) is 4.43. The van der Waals surface area contributed by atoms with Crippen molar-refractivity contribution in [2.24, 2.45) is 5.41 Å². The Morgan fingerprint density at radius 1 is 1.60 bits per heavy atom. The van der Waals surface area contributed by atoms with Crippen LogP contribution < -0.4 is 0 Å². The number of esters is 1. The highest BCUT2D eigenvalue weighted by atomic mass is 32.2. The molecule has 1 saturated heterocycles. The zero-order valence-corrected chi connectivity index (χ0v) is 10.5. The smallest absolute Gasteiger partial charge is 0.314 e. The molecule has 0 aromatic carbocycles. The van der Waals surface area contributed by atoms with E-state index in [0.29, 0.717) is 18.8 Å². The van der Waals surface area contributed by atoms with Gasteiger partial charge in [-0.1, -0.05) is 0 Å². The number of thioether (sulfide) groups is 1. The fourth-order valence-electron chi connectivity index (χ4n) is 1.77. The van der Waals surface area contributed by atoms with Gasteiger partial charge in [0.25, 0.3) is 0 Å². The summed E-state index contributed by atoms with van der Waals surface area (Å²) in [6.07, 6.45) is 1.65. The number of carbonyl (C=O) groups excluding carboxylic acids is 1. The van der Waals surface area contributed by atoms with E-state index >= 15 is 0 Å². The van der Waals surface area contributed by atoms with Gasteiger partial charge in [-0.2, -0.15) is 11.8 Å². The van der Waals surface area contributed by atoms with E-state index in [0.717, 1.165) is 12.2 Å². The number of aliphatic hydroxyl groups is 1. The van der Waals surface area contributed by atoms with Crippen LogP contribution in [-0.2, 0) is 9.53 Å². The summed E-state index contributed by atoms with van der Waals surface area (Å²) >= 11 is 1.71. The average Bonchev–Trinajstić information content (AvgIpc) is 2.19. The van der Waals surface area contributed by atoms with Crippen molar-refractivity contribution in [2.75, 3.05) is 18.1 Å². The van der Waals surface area contributed by atoms with Crippen molar-refractivity contribution in [3.05, 3.63) is 0 Å². The predicted octanol–water partition coefficient (Wildman–Crippen LogP) is 1.83. The monoisotopic (exact) mass is 232 g/mol. The SMILES string of the molecule is CCOC(=O)C(C)(C)C1(O)CCCSC1. The van der Waals surface area contributed by atoms with Gasteiger partial charge >= 0.3 is 5.97 Å². The fraction of sp³-hybridized carbons (Fsp3) is 0.909. The average molecular weight is 232 g/mol. The lowest BCUT2D eigenvalue weighted by molar-refractivity contribution is -0.169. The highest BCUT2D eigenvalue weighted by molar-refractivity contribution is 7.99. The molecule has 1 N–H and O–H groups in total. The van der Waals surface area contributed by atoms with Gasteiger partial charge in [0.15, 0.2) is 0 Å². The van der Waals surface area contributed by atoms with Crippen LogP contribution in [0.2, 0.25) is 0 Å². The first-order valence-corrected chi connectivity index (χ1v) is 6.57. The summed E-state index contributed by atoms with van der Waals surface area (Å²) in [7, 11) is 0. The third-order valence-electron chi connectivity index (χ3n) is 3.17. The van der Waals surface area contributed by atoms with Crippen molar-refractivity contribution in [1.29, 1.82) is 0 Å². The van der Waals surface area contributed by atoms with Gasteiger partial charge in [0, 0.05) is 5.75 Å². The van der Waals surface area contributed by atoms with Gasteiger partial charge in [0.1, 0.15) is 0 Å². The summed E-state index contributed by atoms with van der Waals surface area (Å²) in [5.74, 6) is 1.40. The van der Waals surface area contributed by atoms with Crippen molar-refractivity contribution >= 4 is 17.7 Å². The van der Waals surface area contributed by atoms with Crippen LogP contribution in [0.1, 0.15) is 33.6 Å². The van der Waals surface area contributed by atoms with Gasteiger partial charge < -0.3 is 9.84 Å². The molecule has 1 aliphatic heterocycles. The Kier molecular flexibility index (Phi) is 4.06. The minimum atomic E-state index is -0.915. The summed E-state index contributed by atoms with van der Waals surface area (Å²) < 4.78 is 5.02. The maximum Gasteiger partial charge on any atom is 0.314 e. The molecule has 0 bridgehead atoms. The molecule has 0 radical (unpaired) electrons. The largest absolute Gasteiger partial charge is 0.465 e. The lowest BCUT2D eigenvalue weighted by Crippen LogP contribution is -2.53. The molecule has 15 heavy (non-hydrogen) atoms. The Morgan fingerprint density at radius 2 is 2.27 bits per heavy atom. The normalized spacial score (nSPS) is 27.5. The number of hydrogen-bond donors (Lipinski definition) is 1. The minimum Gasteiger partial charge on any atom is -0.465 e. The summed E-state index contributed by atoms with van der Waals surface area (Å²) in [4.78, 5) is 11.8. The molecule has 1 rings (SSSR count). The molecule has 0 amide bonds. The molecule has 1 fully saturated rings. The van der Waals surface area contributed by atoms with E-state index in [-0.39, 0.29) is 5.97 Å². The maximum atomic E-state index is 11.8. The fourth-order valence-corrected chi connectivity index (χ4v) is 3.11. The van der Waals surface area contributed by atoms with E-state index in [1.165, 1.54) is 0 Å². The van der Waals surface area contributed by atoms with Gasteiger partial charge in [-0.3, -0.25) is 4.79 Å². The van der Waals surface area contributed by atoms with Crippen LogP contribution in [0.5, 0.6) is 0 Å². The van der Waals surface area contributed by atoms with Gasteiger partial charge in [-0.25, -0.2) is 0 Å². The number of ether oxygens (including phenoxy) is 1. The molecule has 3 nitrogen and oxygen atoms in total. The minimum absolute atomic E-state index is 0.296. The van der Waals surface area contributed by atoms with Crippen LogP contribution >= 0.6 is 11.8 Å². The molecule has 1 unspecified atom stereocenters. The molecular weight excluding hydrogens is 212 g/mol. The summed E-state index contributed by atoms with van der Waals surface area (Å²) in [6, 6.07) is 0. The van der Waals surface area contributed by atoms with Gasteiger partial charge in [0.05, 0.1) is 17.6 Å². The Hall–Kier alpha value is -0.220. The molecule has 0 aromatic rings. The topological polar surface area (TPSA) is 46.5 Å². The highest BCUT2D eigenvalue weighted by Crippen LogP contribution is 2.41. The van der Waals surface area contributed by atoms with Crippen LogP contribution in [0.4, 0.5) is 0 Å². The Labute approximate surface area is 95.6 Å². The third kappa shape index (κ3) is 2.48. The maximum absolute atomic E-state index is 11.8. The zero-order chi connectivity index (χ0) is 11.5. The number of rotatable bonds is 3. The highest BCUT2D eigenvalue weighted by Gasteiger charge is 2.50. The van der Waals surface area contributed by atoms with Crippen molar-refractivity contribution in [1.82, 2.24) is 0 Å². The molecule has 4 heteroatoms. The Morgan fingerprint density at radius 3 is 2.73 bits per heavy atom. The second kappa shape index (κ2) is 4.74. The zero-order valence-electron chi connectivity index (χ0n) is 9.71. The predicted molar refractivity (Wildman–Crippen MR) is 61.9 cm³/mol. The van der Waals surface area contributed by atoms with Crippen molar-refractivity contribution in [3.8, 4) is 0 Å². The molecule has 0 aromatic heterocycles. The van der Waals surface area contributed by atoms with Crippen LogP contribution in [0, 0.1) is 5.41 Å². The molecule has 1 atom stereocenters. The van der Waals surface area contributed by atoms with E-state index in [1.54, 1.807) is 32.5 Å². The summed E-state index contributed by atoms with van der Waals surface area (Å²) in [5.41, 5.74) is -1.72. The van der Waals surface area contributed by atoms with Crippen LogP contribution in [0.25, 0.3) is 0 Å². The molecule has 0 saturated carbocycles. The quantitative estimate of drug-likeness (QED) is 0.754. The first kappa shape index (κ1) is 12.8. The molecule has 1 heterocycles. The van der Waals surface area contributed by atoms with Crippen LogP contribution in [-0.4, -0.2) is 34.8 Å².